The van der Waals surface area contributed by atoms with E-state index in [9.17, 15) is 9.59 Å². The number of hydrazine groups is 1. The normalized spacial score (nSPS) is 10.3. The summed E-state index contributed by atoms with van der Waals surface area (Å²) in [6.45, 7) is 1.94. The molecule has 0 radical (unpaired) electrons. The van der Waals surface area contributed by atoms with Crippen molar-refractivity contribution in [2.75, 3.05) is 7.11 Å². The maximum absolute atomic E-state index is 11.9. The first-order valence-corrected chi connectivity index (χ1v) is 7.08. The van der Waals surface area contributed by atoms with Crippen molar-refractivity contribution in [2.24, 2.45) is 0 Å². The predicted molar refractivity (Wildman–Crippen MR) is 88.8 cm³/mol. The van der Waals surface area contributed by atoms with Crippen LogP contribution >= 0.6 is 0 Å². The number of rotatable bonds is 4. The van der Waals surface area contributed by atoms with E-state index in [0.717, 1.165) is 11.1 Å². The SMILES string of the molecule is COc1ccccc1/C=C/C(=O)NNC(=O)c1ccc(C)cc1. The molecule has 2 aromatic rings. The third kappa shape index (κ3) is 4.71. The van der Waals surface area contributed by atoms with Crippen LogP contribution in [0.1, 0.15) is 21.5 Å². The van der Waals surface area contributed by atoms with Crippen molar-refractivity contribution in [1.29, 1.82) is 0 Å². The zero-order valence-electron chi connectivity index (χ0n) is 13.0. The second-order valence-corrected chi connectivity index (χ2v) is 4.88. The van der Waals surface area contributed by atoms with Crippen LogP contribution in [0.5, 0.6) is 5.75 Å². The molecule has 5 nitrogen and oxygen atoms in total. The van der Waals surface area contributed by atoms with Crippen LogP contribution in [-0.2, 0) is 4.79 Å². The molecule has 0 spiro atoms. The molecule has 0 saturated heterocycles. The van der Waals surface area contributed by atoms with Crippen molar-refractivity contribution in [3.63, 3.8) is 0 Å². The third-order valence-corrected chi connectivity index (χ3v) is 3.17. The maximum Gasteiger partial charge on any atom is 0.269 e. The molecular weight excluding hydrogens is 292 g/mol. The highest BCUT2D eigenvalue weighted by Crippen LogP contribution is 2.18. The first kappa shape index (κ1) is 16.3. The topological polar surface area (TPSA) is 67.4 Å². The lowest BCUT2D eigenvalue weighted by atomic mass is 10.1. The molecule has 2 N–H and O–H groups in total. The Morgan fingerprint density at radius 1 is 1.00 bits per heavy atom. The summed E-state index contributed by atoms with van der Waals surface area (Å²) in [7, 11) is 1.56. The number of hydrogen-bond donors (Lipinski definition) is 2. The number of nitrogens with one attached hydrogen (secondary N) is 2. The van der Waals surface area contributed by atoms with Crippen molar-refractivity contribution in [3.8, 4) is 5.75 Å². The number of carbonyl (C=O) groups excluding carboxylic acids is 2. The summed E-state index contributed by atoms with van der Waals surface area (Å²) in [4.78, 5) is 23.6. The molecule has 2 aromatic carbocycles. The van der Waals surface area contributed by atoms with Gasteiger partial charge in [0, 0.05) is 17.2 Å². The minimum Gasteiger partial charge on any atom is -0.496 e. The fraction of sp³-hybridized carbons (Fsp3) is 0.111. The van der Waals surface area contributed by atoms with E-state index in [2.05, 4.69) is 10.9 Å². The summed E-state index contributed by atoms with van der Waals surface area (Å²) < 4.78 is 5.19. The Balaban J connectivity index is 1.91. The van der Waals surface area contributed by atoms with E-state index in [0.29, 0.717) is 11.3 Å². The second-order valence-electron chi connectivity index (χ2n) is 4.88. The molecule has 0 atom stereocenters. The number of aryl methyl sites for hydroxylation is 1. The highest BCUT2D eigenvalue weighted by Gasteiger charge is 2.05. The molecule has 0 saturated carbocycles. The lowest BCUT2D eigenvalue weighted by Gasteiger charge is -2.06. The summed E-state index contributed by atoms with van der Waals surface area (Å²) >= 11 is 0. The first-order valence-electron chi connectivity index (χ1n) is 7.08. The van der Waals surface area contributed by atoms with Crippen LogP contribution < -0.4 is 15.6 Å². The van der Waals surface area contributed by atoms with Crippen LogP contribution in [0.2, 0.25) is 0 Å². The molecule has 0 aliphatic carbocycles. The summed E-state index contributed by atoms with van der Waals surface area (Å²) in [5.41, 5.74) is 7.01. The van der Waals surface area contributed by atoms with Gasteiger partial charge in [0.2, 0.25) is 0 Å². The Labute approximate surface area is 134 Å². The van der Waals surface area contributed by atoms with Gasteiger partial charge in [-0.1, -0.05) is 35.9 Å². The summed E-state index contributed by atoms with van der Waals surface area (Å²) in [5, 5.41) is 0. The van der Waals surface area contributed by atoms with Crippen LogP contribution in [0.4, 0.5) is 0 Å². The minimum absolute atomic E-state index is 0.371. The van der Waals surface area contributed by atoms with Crippen LogP contribution in [0.25, 0.3) is 6.08 Å². The van der Waals surface area contributed by atoms with E-state index in [1.807, 2.05) is 37.3 Å². The monoisotopic (exact) mass is 310 g/mol. The number of amides is 2. The fourth-order valence-electron chi connectivity index (χ4n) is 1.91. The van der Waals surface area contributed by atoms with Crippen molar-refractivity contribution < 1.29 is 14.3 Å². The van der Waals surface area contributed by atoms with E-state index in [4.69, 9.17) is 4.74 Å². The van der Waals surface area contributed by atoms with Crippen molar-refractivity contribution in [3.05, 3.63) is 71.3 Å². The molecule has 0 bridgehead atoms. The summed E-state index contributed by atoms with van der Waals surface area (Å²) in [5.74, 6) is -0.138. The number of hydrogen-bond acceptors (Lipinski definition) is 3. The molecule has 118 valence electrons. The number of benzene rings is 2. The van der Waals surface area contributed by atoms with E-state index in [1.165, 1.54) is 6.08 Å². The van der Waals surface area contributed by atoms with E-state index >= 15 is 0 Å². The van der Waals surface area contributed by atoms with Gasteiger partial charge in [0.1, 0.15) is 5.75 Å². The van der Waals surface area contributed by atoms with Gasteiger partial charge < -0.3 is 4.74 Å². The Morgan fingerprint density at radius 2 is 1.70 bits per heavy atom. The molecule has 0 aliphatic rings. The lowest BCUT2D eigenvalue weighted by Crippen LogP contribution is -2.40. The summed E-state index contributed by atoms with van der Waals surface area (Å²) in [6, 6.07) is 14.4. The molecule has 0 unspecified atom stereocenters. The lowest BCUT2D eigenvalue weighted by molar-refractivity contribution is -0.117. The Bertz CT molecular complexity index is 721. The Morgan fingerprint density at radius 3 is 2.39 bits per heavy atom. The van der Waals surface area contributed by atoms with Gasteiger partial charge in [0.05, 0.1) is 7.11 Å². The minimum atomic E-state index is -0.434. The van der Waals surface area contributed by atoms with E-state index in [-0.39, 0.29) is 5.91 Å². The summed E-state index contributed by atoms with van der Waals surface area (Å²) in [6.07, 6.45) is 2.94. The van der Waals surface area contributed by atoms with E-state index in [1.54, 1.807) is 31.4 Å². The quantitative estimate of drug-likeness (QED) is 0.673. The second kappa shape index (κ2) is 7.79. The molecule has 0 aliphatic heterocycles. The Hall–Kier alpha value is -3.08. The molecular formula is C18H18N2O3. The van der Waals surface area contributed by atoms with Gasteiger partial charge in [-0.25, -0.2) is 0 Å². The van der Waals surface area contributed by atoms with E-state index < -0.39 is 5.91 Å². The third-order valence-electron chi connectivity index (χ3n) is 3.17. The number of ether oxygens (including phenoxy) is 1. The van der Waals surface area contributed by atoms with Crippen molar-refractivity contribution in [2.45, 2.75) is 6.92 Å². The molecule has 0 heterocycles. The smallest absolute Gasteiger partial charge is 0.269 e. The molecule has 5 heteroatoms. The van der Waals surface area contributed by atoms with Crippen LogP contribution in [0.3, 0.4) is 0 Å². The molecule has 0 aromatic heterocycles. The average molecular weight is 310 g/mol. The van der Waals surface area contributed by atoms with Gasteiger partial charge in [-0.2, -0.15) is 0 Å². The molecule has 23 heavy (non-hydrogen) atoms. The van der Waals surface area contributed by atoms with Gasteiger partial charge in [-0.05, 0) is 31.2 Å². The Kier molecular flexibility index (Phi) is 5.52. The van der Waals surface area contributed by atoms with Gasteiger partial charge in [0.15, 0.2) is 0 Å². The van der Waals surface area contributed by atoms with Gasteiger partial charge in [0.25, 0.3) is 11.8 Å². The van der Waals surface area contributed by atoms with Crippen molar-refractivity contribution >= 4 is 17.9 Å². The largest absolute Gasteiger partial charge is 0.496 e. The molecule has 2 rings (SSSR count). The van der Waals surface area contributed by atoms with Gasteiger partial charge >= 0.3 is 0 Å². The predicted octanol–water partition coefficient (Wildman–Crippen LogP) is 2.48. The number of para-hydroxylation sites is 1. The molecule has 2 amide bonds. The van der Waals surface area contributed by atoms with Crippen LogP contribution in [0, 0.1) is 6.92 Å². The van der Waals surface area contributed by atoms with Crippen LogP contribution in [-0.4, -0.2) is 18.9 Å². The molecule has 0 fully saturated rings. The first-order chi connectivity index (χ1) is 11.1. The zero-order valence-corrected chi connectivity index (χ0v) is 13.0. The maximum atomic E-state index is 11.9. The highest BCUT2D eigenvalue weighted by atomic mass is 16.5. The fourth-order valence-corrected chi connectivity index (χ4v) is 1.91. The zero-order chi connectivity index (χ0) is 16.7. The van der Waals surface area contributed by atoms with Gasteiger partial charge in [-0.3, -0.25) is 20.4 Å². The van der Waals surface area contributed by atoms with Gasteiger partial charge in [-0.15, -0.1) is 0 Å². The standard InChI is InChI=1S/C18H18N2O3/c1-13-7-9-15(10-8-13)18(22)20-19-17(21)12-11-14-5-3-4-6-16(14)23-2/h3-12H,1-2H3,(H,19,21)(H,20,22)/b12-11+. The number of carbonyl (C=O) groups is 2. The van der Waals surface area contributed by atoms with Crippen molar-refractivity contribution in [1.82, 2.24) is 10.9 Å². The average Bonchev–Trinajstić information content (AvgIpc) is 2.58. The van der Waals surface area contributed by atoms with Crippen LogP contribution in [0.15, 0.2) is 54.6 Å². The number of methoxy groups -OCH3 is 1. The highest BCUT2D eigenvalue weighted by molar-refractivity contribution is 5.98.